The van der Waals surface area contributed by atoms with Crippen molar-refractivity contribution in [3.05, 3.63) is 23.8 Å². The third-order valence-electron chi connectivity index (χ3n) is 2.04. The first kappa shape index (κ1) is 12.3. The highest BCUT2D eigenvalue weighted by molar-refractivity contribution is 5.78. The monoisotopic (exact) mass is 226 g/mol. The molecule has 5 nitrogen and oxygen atoms in total. The Balaban J connectivity index is 3.13. The molecule has 1 aromatic carbocycles. The lowest BCUT2D eigenvalue weighted by molar-refractivity contribution is -0.150. The highest BCUT2D eigenvalue weighted by Gasteiger charge is 2.25. The largest absolute Gasteiger partial charge is 0.507 e. The number of ether oxygens (including phenoxy) is 2. The van der Waals surface area contributed by atoms with Crippen molar-refractivity contribution in [1.29, 1.82) is 0 Å². The number of methoxy groups -OCH3 is 1. The molecule has 1 aromatic rings. The minimum atomic E-state index is -1.55. The number of hydrogen-bond acceptors (Lipinski definition) is 5. The molecule has 0 aliphatic rings. The second-order valence-electron chi connectivity index (χ2n) is 3.05. The molecule has 2 N–H and O–H groups in total. The third kappa shape index (κ3) is 2.43. The van der Waals surface area contributed by atoms with Crippen molar-refractivity contribution in [3.8, 4) is 11.5 Å². The molecule has 0 aromatic heterocycles. The molecular formula is C11H14O5. The maximum Gasteiger partial charge on any atom is 0.339 e. The molecule has 1 unspecified atom stereocenters. The van der Waals surface area contributed by atoms with Gasteiger partial charge in [0.2, 0.25) is 0 Å². The topological polar surface area (TPSA) is 76.0 Å². The molecule has 0 bridgehead atoms. The van der Waals surface area contributed by atoms with Crippen LogP contribution in [0.4, 0.5) is 0 Å². The molecule has 1 atom stereocenters. The lowest BCUT2D eigenvalue weighted by atomic mass is 10.1. The summed E-state index contributed by atoms with van der Waals surface area (Å²) in [5.74, 6) is -0.785. The number of phenolic OH excluding ortho intramolecular Hbond substituents is 1. The van der Waals surface area contributed by atoms with Gasteiger partial charge in [-0.25, -0.2) is 4.79 Å². The van der Waals surface area contributed by atoms with Gasteiger partial charge in [-0.2, -0.15) is 0 Å². The highest BCUT2D eigenvalue weighted by Crippen LogP contribution is 2.33. The van der Waals surface area contributed by atoms with Crippen LogP contribution >= 0.6 is 0 Å². The van der Waals surface area contributed by atoms with Crippen LogP contribution in [0.1, 0.15) is 18.6 Å². The van der Waals surface area contributed by atoms with Crippen LogP contribution in [0.2, 0.25) is 0 Å². The summed E-state index contributed by atoms with van der Waals surface area (Å²) in [7, 11) is 1.16. The number of carbonyl (C=O) groups excluding carboxylic acids is 1. The Labute approximate surface area is 93.2 Å². The van der Waals surface area contributed by atoms with Crippen molar-refractivity contribution in [2.75, 3.05) is 13.7 Å². The molecular weight excluding hydrogens is 212 g/mol. The van der Waals surface area contributed by atoms with Gasteiger partial charge in [0.05, 0.1) is 19.3 Å². The third-order valence-corrected chi connectivity index (χ3v) is 2.04. The quantitative estimate of drug-likeness (QED) is 0.749. The SMILES string of the molecule is CCOc1cccc(O)c1C(O)C(=O)OC. The molecule has 88 valence electrons. The maximum absolute atomic E-state index is 11.2. The second kappa shape index (κ2) is 5.37. The molecule has 1 rings (SSSR count). The number of esters is 1. The van der Waals surface area contributed by atoms with Gasteiger partial charge in [0.25, 0.3) is 0 Å². The van der Waals surface area contributed by atoms with Crippen LogP contribution in [-0.4, -0.2) is 29.9 Å². The van der Waals surface area contributed by atoms with Crippen LogP contribution in [-0.2, 0) is 9.53 Å². The Bertz CT molecular complexity index is 375. The van der Waals surface area contributed by atoms with Crippen molar-refractivity contribution in [2.45, 2.75) is 13.0 Å². The van der Waals surface area contributed by atoms with Crippen molar-refractivity contribution in [2.24, 2.45) is 0 Å². The molecule has 0 radical (unpaired) electrons. The summed E-state index contributed by atoms with van der Waals surface area (Å²) >= 11 is 0. The first-order valence-electron chi connectivity index (χ1n) is 4.82. The average molecular weight is 226 g/mol. The summed E-state index contributed by atoms with van der Waals surface area (Å²) in [6, 6.07) is 4.49. The average Bonchev–Trinajstić information content (AvgIpc) is 2.28. The van der Waals surface area contributed by atoms with Gasteiger partial charge in [0, 0.05) is 0 Å². The van der Waals surface area contributed by atoms with Crippen LogP contribution in [0.25, 0.3) is 0 Å². The zero-order chi connectivity index (χ0) is 12.1. The maximum atomic E-state index is 11.2. The van der Waals surface area contributed by atoms with Crippen LogP contribution in [0.3, 0.4) is 0 Å². The van der Waals surface area contributed by atoms with Gasteiger partial charge in [-0.1, -0.05) is 6.07 Å². The zero-order valence-electron chi connectivity index (χ0n) is 9.14. The summed E-state index contributed by atoms with van der Waals surface area (Å²) in [5.41, 5.74) is 0.0243. The normalized spacial score (nSPS) is 11.9. The highest BCUT2D eigenvalue weighted by atomic mass is 16.5. The number of aliphatic hydroxyl groups excluding tert-OH is 1. The first-order valence-corrected chi connectivity index (χ1v) is 4.82. The molecule has 5 heteroatoms. The Morgan fingerprint density at radius 1 is 1.50 bits per heavy atom. The van der Waals surface area contributed by atoms with Gasteiger partial charge in [-0.3, -0.25) is 0 Å². The molecule has 0 heterocycles. The predicted molar refractivity (Wildman–Crippen MR) is 56.3 cm³/mol. The number of carbonyl (C=O) groups is 1. The van der Waals surface area contributed by atoms with Crippen molar-refractivity contribution < 1.29 is 24.5 Å². The zero-order valence-corrected chi connectivity index (χ0v) is 9.14. The second-order valence-corrected chi connectivity index (χ2v) is 3.05. The fraction of sp³-hybridized carbons (Fsp3) is 0.364. The Hall–Kier alpha value is -1.75. The van der Waals surface area contributed by atoms with Crippen molar-refractivity contribution in [1.82, 2.24) is 0 Å². The molecule has 0 saturated carbocycles. The first-order chi connectivity index (χ1) is 7.61. The lowest BCUT2D eigenvalue weighted by Crippen LogP contribution is -2.15. The minimum absolute atomic E-state index is 0.0243. The number of phenols is 1. The van der Waals surface area contributed by atoms with E-state index in [0.717, 1.165) is 7.11 Å². The number of benzene rings is 1. The van der Waals surface area contributed by atoms with Gasteiger partial charge in [0.1, 0.15) is 11.5 Å². The van der Waals surface area contributed by atoms with E-state index in [2.05, 4.69) is 4.74 Å². The Morgan fingerprint density at radius 2 is 2.19 bits per heavy atom. The molecule has 0 saturated heterocycles. The van der Waals surface area contributed by atoms with Gasteiger partial charge < -0.3 is 19.7 Å². The summed E-state index contributed by atoms with van der Waals surface area (Å²) in [5, 5.41) is 19.2. The predicted octanol–water partition coefficient (Wildman–Crippen LogP) is 0.997. The van der Waals surface area contributed by atoms with Gasteiger partial charge >= 0.3 is 5.97 Å². The van der Waals surface area contributed by atoms with E-state index in [1.54, 1.807) is 19.1 Å². The molecule has 16 heavy (non-hydrogen) atoms. The fourth-order valence-corrected chi connectivity index (χ4v) is 1.32. The Kier molecular flexibility index (Phi) is 4.13. The summed E-state index contributed by atoms with van der Waals surface area (Å²) in [6.45, 7) is 2.13. The van der Waals surface area contributed by atoms with Gasteiger partial charge in [-0.05, 0) is 19.1 Å². The molecule has 0 fully saturated rings. The minimum Gasteiger partial charge on any atom is -0.507 e. The van der Waals surface area contributed by atoms with Crippen molar-refractivity contribution >= 4 is 5.97 Å². The van der Waals surface area contributed by atoms with E-state index >= 15 is 0 Å². The number of aliphatic hydroxyl groups is 1. The van der Waals surface area contributed by atoms with Crippen LogP contribution in [0, 0.1) is 0 Å². The Morgan fingerprint density at radius 3 is 2.75 bits per heavy atom. The van der Waals surface area contributed by atoms with Crippen LogP contribution < -0.4 is 4.74 Å². The van der Waals surface area contributed by atoms with E-state index in [1.807, 2.05) is 0 Å². The van der Waals surface area contributed by atoms with Crippen molar-refractivity contribution in [3.63, 3.8) is 0 Å². The lowest BCUT2D eigenvalue weighted by Gasteiger charge is -2.15. The van der Waals surface area contributed by atoms with Crippen LogP contribution in [0.15, 0.2) is 18.2 Å². The van der Waals surface area contributed by atoms with Gasteiger partial charge in [0.15, 0.2) is 6.10 Å². The van der Waals surface area contributed by atoms with E-state index < -0.39 is 12.1 Å². The van der Waals surface area contributed by atoms with Crippen LogP contribution in [0.5, 0.6) is 11.5 Å². The van der Waals surface area contributed by atoms with E-state index in [-0.39, 0.29) is 17.1 Å². The van der Waals surface area contributed by atoms with E-state index in [4.69, 9.17) is 4.74 Å². The number of aromatic hydroxyl groups is 1. The molecule has 0 amide bonds. The molecule has 0 spiro atoms. The van der Waals surface area contributed by atoms with E-state index in [9.17, 15) is 15.0 Å². The molecule has 0 aliphatic carbocycles. The number of hydrogen-bond donors (Lipinski definition) is 2. The fourth-order valence-electron chi connectivity index (χ4n) is 1.32. The standard InChI is InChI=1S/C11H14O5/c1-3-16-8-6-4-5-7(12)9(8)10(13)11(14)15-2/h4-6,10,12-13H,3H2,1-2H3. The smallest absolute Gasteiger partial charge is 0.339 e. The van der Waals surface area contributed by atoms with E-state index in [0.29, 0.717) is 6.61 Å². The molecule has 0 aliphatic heterocycles. The summed E-state index contributed by atoms with van der Waals surface area (Å²) < 4.78 is 9.60. The van der Waals surface area contributed by atoms with Gasteiger partial charge in [-0.15, -0.1) is 0 Å². The summed E-state index contributed by atoms with van der Waals surface area (Å²) in [6.07, 6.45) is -1.55. The van der Waals surface area contributed by atoms with E-state index in [1.165, 1.54) is 6.07 Å². The summed E-state index contributed by atoms with van der Waals surface area (Å²) in [4.78, 5) is 11.2. The number of rotatable bonds is 4.